The van der Waals surface area contributed by atoms with E-state index in [9.17, 15) is 19.8 Å². The number of cyclic esters (lactones) is 1. The number of aliphatic hydroxyl groups excluding tert-OH is 2. The average molecular weight is 340 g/mol. The van der Waals surface area contributed by atoms with E-state index < -0.39 is 30.3 Å². The number of carboxylic acid groups (broad SMARTS) is 1. The number of carbonyl (C=O) groups is 2. The van der Waals surface area contributed by atoms with Gasteiger partial charge in [-0.15, -0.1) is 0 Å². The summed E-state index contributed by atoms with van der Waals surface area (Å²) in [4.78, 5) is 22.0. The lowest BCUT2D eigenvalue weighted by atomic mass is 9.87. The molecule has 1 fully saturated rings. The fourth-order valence-corrected chi connectivity index (χ4v) is 2.68. The van der Waals surface area contributed by atoms with Crippen LogP contribution >= 0.6 is 0 Å². The second-order valence-corrected chi connectivity index (χ2v) is 6.14. The Hall–Kier alpha value is -1.66. The van der Waals surface area contributed by atoms with Crippen molar-refractivity contribution >= 4 is 11.9 Å². The predicted octanol–water partition coefficient (Wildman–Crippen LogP) is 2.20. The lowest BCUT2D eigenvalue weighted by molar-refractivity contribution is -0.163. The molecule has 3 N–H and O–H groups in total. The molecule has 1 rings (SSSR count). The molecular weight excluding hydrogens is 312 g/mol. The average Bonchev–Trinajstić information content (AvgIpc) is 2.51. The van der Waals surface area contributed by atoms with E-state index in [-0.39, 0.29) is 18.8 Å². The molecule has 1 aliphatic rings. The molecule has 6 nitrogen and oxygen atoms in total. The summed E-state index contributed by atoms with van der Waals surface area (Å²) in [5.74, 6) is -1.73. The minimum atomic E-state index is -0.923. The van der Waals surface area contributed by atoms with Crippen LogP contribution in [0, 0.1) is 5.92 Å². The first kappa shape index (κ1) is 20.4. The van der Waals surface area contributed by atoms with Gasteiger partial charge in [-0.2, -0.15) is 0 Å². The molecule has 136 valence electrons. The van der Waals surface area contributed by atoms with Gasteiger partial charge in [0.15, 0.2) is 0 Å². The van der Waals surface area contributed by atoms with E-state index in [1.54, 1.807) is 18.2 Å². The van der Waals surface area contributed by atoms with Crippen molar-refractivity contribution in [3.8, 4) is 0 Å². The number of allylic oxidation sites excluding steroid dienone is 1. The number of aliphatic carboxylic acids is 1. The molecule has 0 unspecified atom stereocenters. The molecule has 4 atom stereocenters. The highest BCUT2D eigenvalue weighted by molar-refractivity contribution is 5.71. The van der Waals surface area contributed by atoms with Gasteiger partial charge in [0.05, 0.1) is 25.0 Å². The largest absolute Gasteiger partial charge is 0.481 e. The van der Waals surface area contributed by atoms with Gasteiger partial charge in [0.25, 0.3) is 0 Å². The zero-order chi connectivity index (χ0) is 17.9. The fraction of sp³-hybridized carbons (Fsp3) is 0.667. The van der Waals surface area contributed by atoms with Gasteiger partial charge < -0.3 is 20.1 Å². The summed E-state index contributed by atoms with van der Waals surface area (Å²) in [5, 5.41) is 28.7. The highest BCUT2D eigenvalue weighted by Gasteiger charge is 2.35. The number of carboxylic acids is 1. The number of aliphatic hydroxyl groups is 2. The molecular formula is C18H28O6. The lowest BCUT2D eigenvalue weighted by Gasteiger charge is -2.32. The van der Waals surface area contributed by atoms with Crippen LogP contribution in [0.25, 0.3) is 0 Å². The van der Waals surface area contributed by atoms with E-state index in [4.69, 9.17) is 9.84 Å². The monoisotopic (exact) mass is 340 g/mol. The Bertz CT molecular complexity index is 456. The van der Waals surface area contributed by atoms with Crippen LogP contribution in [0.5, 0.6) is 0 Å². The first-order valence-corrected chi connectivity index (χ1v) is 8.54. The molecule has 0 aliphatic carbocycles. The summed E-state index contributed by atoms with van der Waals surface area (Å²) in [6.07, 6.45) is 8.35. The molecule has 0 bridgehead atoms. The van der Waals surface area contributed by atoms with Crippen molar-refractivity contribution in [1.82, 2.24) is 0 Å². The molecule has 0 radical (unpaired) electrons. The van der Waals surface area contributed by atoms with Crippen LogP contribution in [0.4, 0.5) is 0 Å². The van der Waals surface area contributed by atoms with Crippen LogP contribution in [-0.2, 0) is 14.3 Å². The van der Waals surface area contributed by atoms with Crippen LogP contribution in [0.2, 0.25) is 0 Å². The van der Waals surface area contributed by atoms with Gasteiger partial charge >= 0.3 is 11.9 Å². The maximum absolute atomic E-state index is 11.5. The zero-order valence-electron chi connectivity index (χ0n) is 14.1. The third-order valence-corrected chi connectivity index (χ3v) is 4.05. The summed E-state index contributed by atoms with van der Waals surface area (Å²) in [5.41, 5.74) is 0. The molecule has 0 saturated carbocycles. The number of rotatable bonds is 10. The first-order valence-electron chi connectivity index (χ1n) is 8.54. The molecule has 6 heteroatoms. The molecule has 1 saturated heterocycles. The zero-order valence-corrected chi connectivity index (χ0v) is 14.1. The molecule has 1 heterocycles. The van der Waals surface area contributed by atoms with Crippen LogP contribution in [0.1, 0.15) is 51.9 Å². The van der Waals surface area contributed by atoms with E-state index in [0.29, 0.717) is 12.8 Å². The van der Waals surface area contributed by atoms with Crippen molar-refractivity contribution in [2.45, 2.75) is 70.2 Å². The SMILES string of the molecule is CCCCC[C@H](O)/C=C/[C@H]1OC(=O)C[C@@H](O)[C@@H]1C/C=C\CC(=O)O. The molecule has 1 aliphatic heterocycles. The van der Waals surface area contributed by atoms with E-state index in [1.807, 2.05) is 0 Å². The second-order valence-electron chi connectivity index (χ2n) is 6.14. The van der Waals surface area contributed by atoms with Gasteiger partial charge in [0.2, 0.25) is 0 Å². The fourth-order valence-electron chi connectivity index (χ4n) is 2.68. The number of unbranched alkanes of at least 4 members (excludes halogenated alkanes) is 2. The van der Waals surface area contributed by atoms with Crippen LogP contribution in [0.3, 0.4) is 0 Å². The first-order chi connectivity index (χ1) is 11.4. The van der Waals surface area contributed by atoms with Crippen molar-refractivity contribution < 1.29 is 29.6 Å². The number of hydrogen-bond acceptors (Lipinski definition) is 5. The van der Waals surface area contributed by atoms with E-state index in [2.05, 4.69) is 6.92 Å². The molecule has 0 aromatic heterocycles. The quantitative estimate of drug-likeness (QED) is 0.320. The van der Waals surface area contributed by atoms with Gasteiger partial charge in [-0.25, -0.2) is 0 Å². The van der Waals surface area contributed by atoms with Crippen LogP contribution in [0.15, 0.2) is 24.3 Å². The maximum Gasteiger partial charge on any atom is 0.309 e. The lowest BCUT2D eigenvalue weighted by Crippen LogP contribution is -2.41. The Balaban J connectivity index is 2.62. The number of ether oxygens (including phenoxy) is 1. The van der Waals surface area contributed by atoms with Gasteiger partial charge in [-0.3, -0.25) is 9.59 Å². The van der Waals surface area contributed by atoms with Gasteiger partial charge in [-0.05, 0) is 18.9 Å². The van der Waals surface area contributed by atoms with Gasteiger partial charge in [-0.1, -0.05) is 44.4 Å². The Morgan fingerprint density at radius 3 is 2.79 bits per heavy atom. The summed E-state index contributed by atoms with van der Waals surface area (Å²) >= 11 is 0. The second kappa shape index (κ2) is 11.0. The molecule has 24 heavy (non-hydrogen) atoms. The van der Waals surface area contributed by atoms with Gasteiger partial charge in [0, 0.05) is 5.92 Å². The van der Waals surface area contributed by atoms with Crippen LogP contribution in [-0.4, -0.2) is 45.6 Å². The molecule has 0 amide bonds. The van der Waals surface area contributed by atoms with Crippen molar-refractivity contribution in [3.63, 3.8) is 0 Å². The predicted molar refractivity (Wildman–Crippen MR) is 89.3 cm³/mol. The Labute approximate surface area is 142 Å². The standard InChI is InChI=1S/C18H28O6/c1-2-3-4-7-13(19)10-11-16-14(8-5-6-9-17(21)22)15(20)12-18(23)24-16/h5-6,10-11,13-16,19-20H,2-4,7-9,12H2,1H3,(H,21,22)/b6-5-,11-10+/t13-,14-,15+,16+/m0/s1. The summed E-state index contributed by atoms with van der Waals surface area (Å²) in [7, 11) is 0. The number of esters is 1. The summed E-state index contributed by atoms with van der Waals surface area (Å²) in [6.45, 7) is 2.09. The van der Waals surface area contributed by atoms with E-state index in [1.165, 1.54) is 6.08 Å². The summed E-state index contributed by atoms with van der Waals surface area (Å²) in [6, 6.07) is 0. The topological polar surface area (TPSA) is 104 Å². The van der Waals surface area contributed by atoms with E-state index >= 15 is 0 Å². The van der Waals surface area contributed by atoms with Crippen molar-refractivity contribution in [3.05, 3.63) is 24.3 Å². The van der Waals surface area contributed by atoms with E-state index in [0.717, 1.165) is 19.3 Å². The Morgan fingerprint density at radius 2 is 2.12 bits per heavy atom. The van der Waals surface area contributed by atoms with Crippen molar-refractivity contribution in [2.24, 2.45) is 5.92 Å². The Kier molecular flexibility index (Phi) is 9.34. The number of carbonyl (C=O) groups excluding carboxylic acids is 1. The Morgan fingerprint density at radius 1 is 1.38 bits per heavy atom. The highest BCUT2D eigenvalue weighted by atomic mass is 16.5. The highest BCUT2D eigenvalue weighted by Crippen LogP contribution is 2.27. The van der Waals surface area contributed by atoms with Crippen LogP contribution < -0.4 is 0 Å². The normalized spacial score (nSPS) is 26.0. The third kappa shape index (κ3) is 7.75. The molecule has 0 spiro atoms. The molecule has 0 aromatic rings. The third-order valence-electron chi connectivity index (χ3n) is 4.05. The van der Waals surface area contributed by atoms with Crippen molar-refractivity contribution in [2.75, 3.05) is 0 Å². The number of hydrogen-bond donors (Lipinski definition) is 3. The molecule has 0 aromatic carbocycles. The smallest absolute Gasteiger partial charge is 0.309 e. The minimum absolute atomic E-state index is 0.0686. The van der Waals surface area contributed by atoms with Crippen molar-refractivity contribution in [1.29, 1.82) is 0 Å². The summed E-state index contributed by atoms with van der Waals surface area (Å²) < 4.78 is 5.28. The minimum Gasteiger partial charge on any atom is -0.481 e. The van der Waals surface area contributed by atoms with Gasteiger partial charge in [0.1, 0.15) is 6.10 Å². The maximum atomic E-state index is 11.5.